The molecule has 1 atom stereocenters. The normalized spacial score (nSPS) is 12.3. The lowest BCUT2D eigenvalue weighted by molar-refractivity contribution is -0.133. The van der Waals surface area contributed by atoms with E-state index < -0.39 is 0 Å². The SMILES string of the molecule is CCCCCCCCCCCCCC(C)OC=O. The van der Waals surface area contributed by atoms with Gasteiger partial charge in [0, 0.05) is 0 Å². The average molecular weight is 256 g/mol. The largest absolute Gasteiger partial charge is 0.465 e. The van der Waals surface area contributed by atoms with Crippen molar-refractivity contribution in [3.8, 4) is 0 Å². The van der Waals surface area contributed by atoms with Crippen LogP contribution in [0.1, 0.15) is 90.9 Å². The lowest BCUT2D eigenvalue weighted by atomic mass is 10.0. The fourth-order valence-corrected chi connectivity index (χ4v) is 2.26. The first-order valence-corrected chi connectivity index (χ1v) is 7.90. The molecule has 0 saturated heterocycles. The summed E-state index contributed by atoms with van der Waals surface area (Å²) in [5.74, 6) is 0. The molecule has 0 aromatic heterocycles. The van der Waals surface area contributed by atoms with Crippen molar-refractivity contribution < 1.29 is 9.53 Å². The summed E-state index contributed by atoms with van der Waals surface area (Å²) in [5.41, 5.74) is 0. The van der Waals surface area contributed by atoms with Gasteiger partial charge in [0.2, 0.25) is 0 Å². The fraction of sp³-hybridized carbons (Fsp3) is 0.938. The number of carbonyl (C=O) groups excluding carboxylic acids is 1. The zero-order chi connectivity index (χ0) is 13.5. The molecule has 0 amide bonds. The van der Waals surface area contributed by atoms with Crippen LogP contribution in [0.5, 0.6) is 0 Å². The van der Waals surface area contributed by atoms with Crippen molar-refractivity contribution in [1.29, 1.82) is 0 Å². The van der Waals surface area contributed by atoms with Crippen LogP contribution in [-0.4, -0.2) is 12.6 Å². The van der Waals surface area contributed by atoms with E-state index in [0.29, 0.717) is 6.47 Å². The van der Waals surface area contributed by atoms with Gasteiger partial charge >= 0.3 is 0 Å². The van der Waals surface area contributed by atoms with Crippen LogP contribution >= 0.6 is 0 Å². The minimum Gasteiger partial charge on any atom is -0.465 e. The summed E-state index contributed by atoms with van der Waals surface area (Å²) >= 11 is 0. The number of ether oxygens (including phenoxy) is 1. The van der Waals surface area contributed by atoms with E-state index in [9.17, 15) is 4.79 Å². The van der Waals surface area contributed by atoms with Crippen LogP contribution in [0.15, 0.2) is 0 Å². The quantitative estimate of drug-likeness (QED) is 0.313. The van der Waals surface area contributed by atoms with E-state index in [1.807, 2.05) is 6.92 Å². The maximum Gasteiger partial charge on any atom is 0.293 e. The Kier molecular flexibility index (Phi) is 14.1. The van der Waals surface area contributed by atoms with Gasteiger partial charge in [-0.15, -0.1) is 0 Å². The summed E-state index contributed by atoms with van der Waals surface area (Å²) in [6, 6.07) is 0. The fourth-order valence-electron chi connectivity index (χ4n) is 2.26. The Morgan fingerprint density at radius 2 is 1.28 bits per heavy atom. The monoisotopic (exact) mass is 256 g/mol. The Morgan fingerprint density at radius 1 is 0.833 bits per heavy atom. The molecule has 0 aromatic rings. The molecule has 0 heterocycles. The van der Waals surface area contributed by atoms with Crippen molar-refractivity contribution in [3.63, 3.8) is 0 Å². The van der Waals surface area contributed by atoms with E-state index >= 15 is 0 Å². The van der Waals surface area contributed by atoms with Gasteiger partial charge in [0.25, 0.3) is 6.47 Å². The Labute approximate surface area is 113 Å². The molecule has 2 nitrogen and oxygen atoms in total. The lowest BCUT2D eigenvalue weighted by Crippen LogP contribution is -2.05. The first-order valence-electron chi connectivity index (χ1n) is 7.90. The van der Waals surface area contributed by atoms with Gasteiger partial charge in [-0.3, -0.25) is 4.79 Å². The Bertz CT molecular complexity index is 168. The first kappa shape index (κ1) is 17.5. The molecule has 0 rings (SSSR count). The van der Waals surface area contributed by atoms with Gasteiger partial charge in [0.1, 0.15) is 0 Å². The molecule has 18 heavy (non-hydrogen) atoms. The van der Waals surface area contributed by atoms with Crippen LogP contribution in [0.2, 0.25) is 0 Å². The molecule has 0 radical (unpaired) electrons. The third-order valence-electron chi connectivity index (χ3n) is 3.50. The van der Waals surface area contributed by atoms with Gasteiger partial charge < -0.3 is 4.74 Å². The van der Waals surface area contributed by atoms with Crippen LogP contribution in [0.3, 0.4) is 0 Å². The van der Waals surface area contributed by atoms with Crippen molar-refractivity contribution >= 4 is 6.47 Å². The number of carbonyl (C=O) groups is 1. The highest BCUT2D eigenvalue weighted by atomic mass is 16.5. The predicted molar refractivity (Wildman–Crippen MR) is 77.7 cm³/mol. The average Bonchev–Trinajstić information content (AvgIpc) is 2.36. The molecule has 0 N–H and O–H groups in total. The van der Waals surface area contributed by atoms with Gasteiger partial charge in [0.15, 0.2) is 0 Å². The molecule has 0 spiro atoms. The van der Waals surface area contributed by atoms with Crippen LogP contribution < -0.4 is 0 Å². The van der Waals surface area contributed by atoms with Gasteiger partial charge in [-0.2, -0.15) is 0 Å². The molecule has 108 valence electrons. The highest BCUT2D eigenvalue weighted by molar-refractivity contribution is 5.37. The first-order chi connectivity index (χ1) is 8.81. The predicted octanol–water partition coefficient (Wildman–Crippen LogP) is 5.25. The van der Waals surface area contributed by atoms with E-state index in [1.54, 1.807) is 0 Å². The van der Waals surface area contributed by atoms with Crippen molar-refractivity contribution in [3.05, 3.63) is 0 Å². The van der Waals surface area contributed by atoms with Gasteiger partial charge in [0.05, 0.1) is 6.10 Å². The maximum absolute atomic E-state index is 10.1. The Balaban J connectivity index is 3.00. The number of hydrogen-bond donors (Lipinski definition) is 0. The van der Waals surface area contributed by atoms with E-state index in [2.05, 4.69) is 6.92 Å². The zero-order valence-corrected chi connectivity index (χ0v) is 12.5. The summed E-state index contributed by atoms with van der Waals surface area (Å²) in [5, 5.41) is 0. The summed E-state index contributed by atoms with van der Waals surface area (Å²) in [6.45, 7) is 4.79. The third kappa shape index (κ3) is 13.5. The molecule has 0 saturated carbocycles. The third-order valence-corrected chi connectivity index (χ3v) is 3.50. The number of rotatable bonds is 14. The van der Waals surface area contributed by atoms with Gasteiger partial charge in [-0.1, -0.05) is 71.1 Å². The number of hydrogen-bond acceptors (Lipinski definition) is 2. The minimum atomic E-state index is 0.0982. The molecule has 0 aromatic carbocycles. The summed E-state index contributed by atoms with van der Waals surface area (Å²) in [4.78, 5) is 10.1. The van der Waals surface area contributed by atoms with Gasteiger partial charge in [-0.05, 0) is 19.8 Å². The molecule has 0 fully saturated rings. The molecule has 1 unspecified atom stereocenters. The van der Waals surface area contributed by atoms with Crippen LogP contribution in [0.4, 0.5) is 0 Å². The van der Waals surface area contributed by atoms with Crippen molar-refractivity contribution in [2.45, 2.75) is 97.0 Å². The second-order valence-corrected chi connectivity index (χ2v) is 5.37. The van der Waals surface area contributed by atoms with Crippen LogP contribution in [0.25, 0.3) is 0 Å². The van der Waals surface area contributed by atoms with Crippen LogP contribution in [-0.2, 0) is 9.53 Å². The van der Waals surface area contributed by atoms with Gasteiger partial charge in [-0.25, -0.2) is 0 Å². The smallest absolute Gasteiger partial charge is 0.293 e. The van der Waals surface area contributed by atoms with Crippen LogP contribution in [0, 0.1) is 0 Å². The topological polar surface area (TPSA) is 26.3 Å². The molecule has 2 heteroatoms. The standard InChI is InChI=1S/C16H32O2/c1-3-4-5-6-7-8-9-10-11-12-13-14-16(2)18-15-17/h15-16H,3-14H2,1-2H3. The van der Waals surface area contributed by atoms with E-state index in [0.717, 1.165) is 6.42 Å². The number of unbranched alkanes of at least 4 members (excludes halogenated alkanes) is 10. The molecular formula is C16H32O2. The van der Waals surface area contributed by atoms with E-state index in [4.69, 9.17) is 4.74 Å². The maximum atomic E-state index is 10.1. The molecular weight excluding hydrogens is 224 g/mol. The highest BCUT2D eigenvalue weighted by Crippen LogP contribution is 2.12. The van der Waals surface area contributed by atoms with Crippen molar-refractivity contribution in [1.82, 2.24) is 0 Å². The molecule has 0 bridgehead atoms. The summed E-state index contributed by atoms with van der Waals surface area (Å²) in [7, 11) is 0. The summed E-state index contributed by atoms with van der Waals surface area (Å²) in [6.07, 6.45) is 16.1. The zero-order valence-electron chi connectivity index (χ0n) is 12.5. The van der Waals surface area contributed by atoms with E-state index in [-0.39, 0.29) is 6.10 Å². The molecule has 0 aliphatic heterocycles. The second kappa shape index (κ2) is 14.5. The highest BCUT2D eigenvalue weighted by Gasteiger charge is 2.00. The summed E-state index contributed by atoms with van der Waals surface area (Å²) < 4.78 is 4.85. The van der Waals surface area contributed by atoms with Crippen molar-refractivity contribution in [2.24, 2.45) is 0 Å². The Hall–Kier alpha value is -0.530. The molecule has 0 aliphatic rings. The second-order valence-electron chi connectivity index (χ2n) is 5.37. The van der Waals surface area contributed by atoms with E-state index in [1.165, 1.54) is 70.6 Å². The minimum absolute atomic E-state index is 0.0982. The Morgan fingerprint density at radius 3 is 1.72 bits per heavy atom. The lowest BCUT2D eigenvalue weighted by Gasteiger charge is -2.08. The molecule has 0 aliphatic carbocycles. The van der Waals surface area contributed by atoms with Crippen molar-refractivity contribution in [2.75, 3.05) is 0 Å².